The van der Waals surface area contributed by atoms with E-state index in [9.17, 15) is 14.3 Å². The summed E-state index contributed by atoms with van der Waals surface area (Å²) in [4.78, 5) is 11.9. The lowest BCUT2D eigenvalue weighted by atomic mass is 9.98. The summed E-state index contributed by atoms with van der Waals surface area (Å²) in [5.74, 6) is -0.317. The molecule has 1 aromatic rings. The molecular weight excluding hydrogens is 287 g/mol. The van der Waals surface area contributed by atoms with Gasteiger partial charge in [-0.3, -0.25) is 0 Å². The Labute approximate surface area is 130 Å². The highest BCUT2D eigenvalue weighted by atomic mass is 19.1. The van der Waals surface area contributed by atoms with E-state index in [1.807, 2.05) is 6.92 Å². The van der Waals surface area contributed by atoms with E-state index in [2.05, 4.69) is 10.6 Å². The first-order valence-electron chi connectivity index (χ1n) is 7.39. The first-order chi connectivity index (χ1) is 10.4. The number of aliphatic hydroxyl groups excluding tert-OH is 1. The van der Waals surface area contributed by atoms with Gasteiger partial charge in [0.1, 0.15) is 5.82 Å². The second kappa shape index (κ2) is 8.70. The van der Waals surface area contributed by atoms with Crippen LogP contribution in [0.1, 0.15) is 38.4 Å². The van der Waals surface area contributed by atoms with Gasteiger partial charge in [0.25, 0.3) is 0 Å². The van der Waals surface area contributed by atoms with Gasteiger partial charge in [0.2, 0.25) is 0 Å². The van der Waals surface area contributed by atoms with Gasteiger partial charge in [0.15, 0.2) is 0 Å². The van der Waals surface area contributed by atoms with Gasteiger partial charge in [0.05, 0.1) is 18.2 Å². The average Bonchev–Trinajstić information content (AvgIpc) is 2.49. The van der Waals surface area contributed by atoms with E-state index in [1.54, 1.807) is 19.1 Å². The fourth-order valence-corrected chi connectivity index (χ4v) is 2.25. The molecule has 5 nitrogen and oxygen atoms in total. The number of aliphatic hydroxyl groups is 1. The van der Waals surface area contributed by atoms with Crippen molar-refractivity contribution in [3.05, 3.63) is 35.6 Å². The molecule has 0 aliphatic carbocycles. The van der Waals surface area contributed by atoms with Crippen LogP contribution in [0.5, 0.6) is 0 Å². The first-order valence-corrected chi connectivity index (χ1v) is 7.39. The summed E-state index contributed by atoms with van der Waals surface area (Å²) in [5, 5.41) is 14.9. The molecule has 2 amide bonds. The standard InChI is InChI=1S/C16H25FN2O3/c1-4-9-16(2,11-20)19-15(21)18-10-14(22-3)12-5-7-13(17)8-6-12/h5-8,14,20H,4,9-11H2,1-3H3,(H2,18,19,21). The van der Waals surface area contributed by atoms with E-state index in [4.69, 9.17) is 4.74 Å². The average molecular weight is 312 g/mol. The van der Waals surface area contributed by atoms with Gasteiger partial charge in [-0.15, -0.1) is 0 Å². The largest absolute Gasteiger partial charge is 0.394 e. The maximum Gasteiger partial charge on any atom is 0.315 e. The van der Waals surface area contributed by atoms with E-state index in [1.165, 1.54) is 19.2 Å². The van der Waals surface area contributed by atoms with E-state index in [0.717, 1.165) is 12.0 Å². The smallest absolute Gasteiger partial charge is 0.315 e. The Kier molecular flexibility index (Phi) is 7.27. The third kappa shape index (κ3) is 5.61. The monoisotopic (exact) mass is 312 g/mol. The number of hydrogen-bond acceptors (Lipinski definition) is 3. The lowest BCUT2D eigenvalue weighted by Crippen LogP contribution is -2.53. The normalized spacial score (nSPS) is 15.0. The predicted molar refractivity (Wildman–Crippen MR) is 83.1 cm³/mol. The quantitative estimate of drug-likeness (QED) is 0.690. The molecular formula is C16H25FN2O3. The molecule has 0 fully saturated rings. The molecule has 0 radical (unpaired) electrons. The molecule has 0 aliphatic rings. The van der Waals surface area contributed by atoms with Crippen LogP contribution >= 0.6 is 0 Å². The number of amides is 2. The number of urea groups is 1. The van der Waals surface area contributed by atoms with Crippen molar-refractivity contribution in [3.8, 4) is 0 Å². The van der Waals surface area contributed by atoms with Crippen molar-refractivity contribution in [3.63, 3.8) is 0 Å². The fraction of sp³-hybridized carbons (Fsp3) is 0.562. The zero-order valence-corrected chi connectivity index (χ0v) is 13.4. The lowest BCUT2D eigenvalue weighted by molar-refractivity contribution is 0.102. The number of hydrogen-bond donors (Lipinski definition) is 3. The highest BCUT2D eigenvalue weighted by Gasteiger charge is 2.24. The number of ether oxygens (including phenoxy) is 1. The van der Waals surface area contributed by atoms with E-state index in [0.29, 0.717) is 6.42 Å². The molecule has 0 saturated heterocycles. The molecule has 1 rings (SSSR count). The van der Waals surface area contributed by atoms with Gasteiger partial charge in [-0.2, -0.15) is 0 Å². The molecule has 0 saturated carbocycles. The van der Waals surface area contributed by atoms with Crippen molar-refractivity contribution < 1.29 is 19.0 Å². The summed E-state index contributed by atoms with van der Waals surface area (Å²) in [5.41, 5.74) is 0.139. The number of nitrogens with one attached hydrogen (secondary N) is 2. The second-order valence-electron chi connectivity index (χ2n) is 5.58. The summed E-state index contributed by atoms with van der Waals surface area (Å²) in [6, 6.07) is 5.58. The number of carbonyl (C=O) groups excluding carboxylic acids is 1. The van der Waals surface area contributed by atoms with Crippen LogP contribution in [0.2, 0.25) is 0 Å². The molecule has 3 N–H and O–H groups in total. The Bertz CT molecular complexity index is 467. The van der Waals surface area contributed by atoms with Crippen molar-refractivity contribution in [1.82, 2.24) is 10.6 Å². The van der Waals surface area contributed by atoms with Crippen LogP contribution in [0.4, 0.5) is 9.18 Å². The number of halogens is 1. The van der Waals surface area contributed by atoms with Crippen molar-refractivity contribution in [1.29, 1.82) is 0 Å². The summed E-state index contributed by atoms with van der Waals surface area (Å²) in [6.07, 6.45) is 1.17. The minimum atomic E-state index is -0.642. The fourth-order valence-electron chi connectivity index (χ4n) is 2.25. The highest BCUT2D eigenvalue weighted by molar-refractivity contribution is 5.74. The Morgan fingerprint density at radius 3 is 2.55 bits per heavy atom. The maximum atomic E-state index is 12.9. The Hall–Kier alpha value is -1.66. The summed E-state index contributed by atoms with van der Waals surface area (Å²) in [7, 11) is 1.53. The second-order valence-corrected chi connectivity index (χ2v) is 5.58. The van der Waals surface area contributed by atoms with Crippen molar-refractivity contribution in [2.75, 3.05) is 20.3 Å². The molecule has 1 aromatic carbocycles. The van der Waals surface area contributed by atoms with E-state index >= 15 is 0 Å². The first kappa shape index (κ1) is 18.4. The molecule has 0 heterocycles. The van der Waals surface area contributed by atoms with Crippen LogP contribution in [0.25, 0.3) is 0 Å². The molecule has 0 aliphatic heterocycles. The summed E-state index contributed by atoms with van der Waals surface area (Å²) < 4.78 is 18.2. The Morgan fingerprint density at radius 1 is 1.41 bits per heavy atom. The lowest BCUT2D eigenvalue weighted by Gasteiger charge is -2.28. The van der Waals surface area contributed by atoms with Gasteiger partial charge >= 0.3 is 6.03 Å². The van der Waals surface area contributed by atoms with Crippen LogP contribution in [0.3, 0.4) is 0 Å². The summed E-state index contributed by atoms with van der Waals surface area (Å²) in [6.45, 7) is 3.91. The third-order valence-corrected chi connectivity index (χ3v) is 3.54. The highest BCUT2D eigenvalue weighted by Crippen LogP contribution is 2.16. The SMILES string of the molecule is CCCC(C)(CO)NC(=O)NCC(OC)c1ccc(F)cc1. The van der Waals surface area contributed by atoms with Crippen molar-refractivity contribution in [2.45, 2.75) is 38.3 Å². The van der Waals surface area contributed by atoms with E-state index < -0.39 is 5.54 Å². The number of rotatable bonds is 8. The zero-order chi connectivity index (χ0) is 16.6. The molecule has 0 aromatic heterocycles. The van der Waals surface area contributed by atoms with Crippen LogP contribution in [-0.2, 0) is 4.74 Å². The number of methoxy groups -OCH3 is 1. The third-order valence-electron chi connectivity index (χ3n) is 3.54. The van der Waals surface area contributed by atoms with Crippen LogP contribution in [-0.4, -0.2) is 36.9 Å². The van der Waals surface area contributed by atoms with Crippen LogP contribution in [0, 0.1) is 5.82 Å². The van der Waals surface area contributed by atoms with Crippen molar-refractivity contribution >= 4 is 6.03 Å². The molecule has 6 heteroatoms. The molecule has 22 heavy (non-hydrogen) atoms. The molecule has 2 atom stereocenters. The van der Waals surface area contributed by atoms with Crippen molar-refractivity contribution in [2.24, 2.45) is 0 Å². The topological polar surface area (TPSA) is 70.6 Å². The Balaban J connectivity index is 2.55. The molecule has 2 unspecified atom stereocenters. The van der Waals surface area contributed by atoms with Crippen LogP contribution < -0.4 is 10.6 Å². The van der Waals surface area contributed by atoms with E-state index in [-0.39, 0.29) is 31.1 Å². The minimum absolute atomic E-state index is 0.125. The predicted octanol–water partition coefficient (Wildman–Crippen LogP) is 2.36. The zero-order valence-electron chi connectivity index (χ0n) is 13.4. The molecule has 124 valence electrons. The number of carbonyl (C=O) groups is 1. The molecule has 0 spiro atoms. The van der Waals surface area contributed by atoms with Gasteiger partial charge < -0.3 is 20.5 Å². The minimum Gasteiger partial charge on any atom is -0.394 e. The summed E-state index contributed by atoms with van der Waals surface area (Å²) >= 11 is 0. The number of benzene rings is 1. The maximum absolute atomic E-state index is 12.9. The van der Waals surface area contributed by atoms with Crippen LogP contribution in [0.15, 0.2) is 24.3 Å². The van der Waals surface area contributed by atoms with Gasteiger partial charge in [-0.1, -0.05) is 25.5 Å². The van der Waals surface area contributed by atoms with Gasteiger partial charge in [0, 0.05) is 13.7 Å². The Morgan fingerprint density at radius 2 is 2.05 bits per heavy atom. The van der Waals surface area contributed by atoms with Gasteiger partial charge in [-0.25, -0.2) is 9.18 Å². The van der Waals surface area contributed by atoms with Gasteiger partial charge in [-0.05, 0) is 31.0 Å². The molecule has 0 bridgehead atoms.